The smallest absolute Gasteiger partial charge is 0.306 e. The highest BCUT2D eigenvalue weighted by atomic mass is 19.4. The topological polar surface area (TPSA) is 28.2 Å². The Kier molecular flexibility index (Phi) is 4.99. The zero-order valence-corrected chi connectivity index (χ0v) is 11.5. The lowest BCUT2D eigenvalue weighted by Crippen LogP contribution is -2.46. The first kappa shape index (κ1) is 15.3. The van der Waals surface area contributed by atoms with Crippen molar-refractivity contribution < 1.29 is 13.2 Å². The fourth-order valence-corrected chi connectivity index (χ4v) is 2.58. The third-order valence-electron chi connectivity index (χ3n) is 3.61. The monoisotopic (exact) mass is 287 g/mol. The Morgan fingerprint density at radius 1 is 1.35 bits per heavy atom. The highest BCUT2D eigenvalue weighted by Crippen LogP contribution is 2.21. The van der Waals surface area contributed by atoms with Crippen molar-refractivity contribution >= 4 is 0 Å². The summed E-state index contributed by atoms with van der Waals surface area (Å²) in [6.45, 7) is 2.22. The van der Waals surface area contributed by atoms with E-state index in [0.717, 1.165) is 18.5 Å². The summed E-state index contributed by atoms with van der Waals surface area (Å²) in [5.74, 6) is 0. The van der Waals surface area contributed by atoms with Gasteiger partial charge >= 0.3 is 6.18 Å². The number of aromatic nitrogens is 1. The number of pyridine rings is 1. The maximum atomic E-state index is 12.3. The zero-order valence-electron chi connectivity index (χ0n) is 11.5. The number of nitrogens with one attached hydrogen (secondary N) is 1. The van der Waals surface area contributed by atoms with E-state index < -0.39 is 12.7 Å². The fraction of sp³-hybridized carbons (Fsp3) is 0.643. The molecular weight excluding hydrogens is 267 g/mol. The van der Waals surface area contributed by atoms with Crippen LogP contribution in [0.5, 0.6) is 0 Å². The van der Waals surface area contributed by atoms with Gasteiger partial charge in [0.05, 0.1) is 12.2 Å². The van der Waals surface area contributed by atoms with E-state index in [1.165, 1.54) is 4.90 Å². The Hall–Kier alpha value is -1.14. The molecule has 0 saturated carbocycles. The maximum Gasteiger partial charge on any atom is 0.401 e. The highest BCUT2D eigenvalue weighted by Gasteiger charge is 2.32. The van der Waals surface area contributed by atoms with E-state index in [2.05, 4.69) is 10.3 Å². The fourth-order valence-electron chi connectivity index (χ4n) is 2.58. The van der Waals surface area contributed by atoms with Crippen LogP contribution in [0.3, 0.4) is 0 Å². The van der Waals surface area contributed by atoms with Crippen molar-refractivity contribution in [2.75, 3.05) is 19.6 Å². The Morgan fingerprint density at radius 3 is 2.60 bits per heavy atom. The average Bonchev–Trinajstić information content (AvgIpc) is 2.40. The first-order chi connectivity index (χ1) is 9.44. The molecule has 20 heavy (non-hydrogen) atoms. The van der Waals surface area contributed by atoms with Crippen LogP contribution in [-0.4, -0.2) is 41.7 Å². The summed E-state index contributed by atoms with van der Waals surface area (Å²) in [5.41, 5.74) is 0.963. The first-order valence-corrected chi connectivity index (χ1v) is 6.90. The molecule has 1 aromatic heterocycles. The van der Waals surface area contributed by atoms with Gasteiger partial charge in [0.1, 0.15) is 0 Å². The summed E-state index contributed by atoms with van der Waals surface area (Å²) in [5, 5.41) is 3.45. The molecule has 0 bridgehead atoms. The summed E-state index contributed by atoms with van der Waals surface area (Å²) >= 11 is 0. The number of alkyl halides is 3. The molecule has 0 amide bonds. The molecule has 2 rings (SSSR count). The summed E-state index contributed by atoms with van der Waals surface area (Å²) < 4.78 is 36.9. The lowest BCUT2D eigenvalue weighted by atomic mass is 10.0. The Bertz CT molecular complexity index is 400. The van der Waals surface area contributed by atoms with Gasteiger partial charge < -0.3 is 5.32 Å². The predicted octanol–water partition coefficient (Wildman–Crippen LogP) is 2.76. The van der Waals surface area contributed by atoms with Gasteiger partial charge in [-0.2, -0.15) is 13.2 Å². The van der Waals surface area contributed by atoms with E-state index >= 15 is 0 Å². The van der Waals surface area contributed by atoms with Crippen LogP contribution in [0, 0.1) is 0 Å². The minimum Gasteiger partial charge on any atom is -0.306 e. The standard InChI is InChI=1S/C14H20F3N3/c1-11(13-4-2-3-7-18-13)19-12-5-8-20(9-6-12)10-14(15,16)17/h2-4,7,11-12,19H,5-6,8-10H2,1H3/t11-/m1/s1. The van der Waals surface area contributed by atoms with E-state index in [4.69, 9.17) is 0 Å². The number of halogens is 3. The molecule has 0 aliphatic carbocycles. The Labute approximate surface area is 117 Å². The molecule has 2 heterocycles. The van der Waals surface area contributed by atoms with Crippen LogP contribution in [-0.2, 0) is 0 Å². The lowest BCUT2D eigenvalue weighted by Gasteiger charge is -2.34. The van der Waals surface area contributed by atoms with Crippen LogP contribution in [0.15, 0.2) is 24.4 Å². The van der Waals surface area contributed by atoms with Crippen molar-refractivity contribution in [3.05, 3.63) is 30.1 Å². The third-order valence-corrected chi connectivity index (χ3v) is 3.61. The summed E-state index contributed by atoms with van der Waals surface area (Å²) in [6, 6.07) is 6.14. The molecule has 1 aliphatic rings. The summed E-state index contributed by atoms with van der Waals surface area (Å²) in [4.78, 5) is 5.76. The molecule has 1 aromatic rings. The van der Waals surface area contributed by atoms with Crippen LogP contribution in [0.1, 0.15) is 31.5 Å². The largest absolute Gasteiger partial charge is 0.401 e. The zero-order chi connectivity index (χ0) is 14.6. The van der Waals surface area contributed by atoms with Gasteiger partial charge in [0, 0.05) is 18.3 Å². The molecule has 0 unspecified atom stereocenters. The number of likely N-dealkylation sites (tertiary alicyclic amines) is 1. The van der Waals surface area contributed by atoms with Gasteiger partial charge in [0.25, 0.3) is 0 Å². The second-order valence-corrected chi connectivity index (χ2v) is 5.31. The van der Waals surface area contributed by atoms with Crippen molar-refractivity contribution in [1.82, 2.24) is 15.2 Å². The van der Waals surface area contributed by atoms with Gasteiger partial charge in [-0.05, 0) is 45.0 Å². The SMILES string of the molecule is C[C@@H](NC1CCN(CC(F)(F)F)CC1)c1ccccn1. The van der Waals surface area contributed by atoms with E-state index in [0.29, 0.717) is 13.1 Å². The van der Waals surface area contributed by atoms with Crippen LogP contribution in [0.4, 0.5) is 13.2 Å². The van der Waals surface area contributed by atoms with E-state index in [-0.39, 0.29) is 12.1 Å². The molecular formula is C14H20F3N3. The Morgan fingerprint density at radius 2 is 2.05 bits per heavy atom. The van der Waals surface area contributed by atoms with Crippen molar-refractivity contribution in [3.63, 3.8) is 0 Å². The average molecular weight is 287 g/mol. The number of nitrogens with zero attached hydrogens (tertiary/aromatic N) is 2. The van der Waals surface area contributed by atoms with Gasteiger partial charge in [-0.25, -0.2) is 0 Å². The van der Waals surface area contributed by atoms with Crippen LogP contribution >= 0.6 is 0 Å². The Balaban J connectivity index is 1.77. The molecule has 0 radical (unpaired) electrons. The summed E-state index contributed by atoms with van der Waals surface area (Å²) in [7, 11) is 0. The number of hydrogen-bond donors (Lipinski definition) is 1. The normalized spacial score (nSPS) is 20.0. The molecule has 3 nitrogen and oxygen atoms in total. The number of piperidine rings is 1. The third kappa shape index (κ3) is 4.76. The van der Waals surface area contributed by atoms with Crippen molar-refractivity contribution in [2.24, 2.45) is 0 Å². The first-order valence-electron chi connectivity index (χ1n) is 6.90. The second kappa shape index (κ2) is 6.54. The highest BCUT2D eigenvalue weighted by molar-refractivity contribution is 5.08. The van der Waals surface area contributed by atoms with Gasteiger partial charge in [0.15, 0.2) is 0 Å². The van der Waals surface area contributed by atoms with Gasteiger partial charge in [0.2, 0.25) is 0 Å². The van der Waals surface area contributed by atoms with Crippen LogP contribution < -0.4 is 5.32 Å². The second-order valence-electron chi connectivity index (χ2n) is 5.31. The quantitative estimate of drug-likeness (QED) is 0.923. The minimum atomic E-state index is -4.10. The van der Waals surface area contributed by atoms with E-state index in [1.807, 2.05) is 25.1 Å². The van der Waals surface area contributed by atoms with Crippen LogP contribution in [0.2, 0.25) is 0 Å². The van der Waals surface area contributed by atoms with Crippen molar-refractivity contribution in [3.8, 4) is 0 Å². The van der Waals surface area contributed by atoms with Gasteiger partial charge in [-0.1, -0.05) is 6.07 Å². The maximum absolute atomic E-state index is 12.3. The molecule has 1 N–H and O–H groups in total. The van der Waals surface area contributed by atoms with Gasteiger partial charge in [-0.3, -0.25) is 9.88 Å². The molecule has 1 aliphatic heterocycles. The van der Waals surface area contributed by atoms with Crippen molar-refractivity contribution in [1.29, 1.82) is 0 Å². The van der Waals surface area contributed by atoms with Gasteiger partial charge in [-0.15, -0.1) is 0 Å². The van der Waals surface area contributed by atoms with E-state index in [9.17, 15) is 13.2 Å². The molecule has 1 saturated heterocycles. The molecule has 112 valence electrons. The molecule has 0 spiro atoms. The van der Waals surface area contributed by atoms with Crippen LogP contribution in [0.25, 0.3) is 0 Å². The number of hydrogen-bond acceptors (Lipinski definition) is 3. The molecule has 0 aromatic carbocycles. The lowest BCUT2D eigenvalue weighted by molar-refractivity contribution is -0.148. The molecule has 1 atom stereocenters. The molecule has 6 heteroatoms. The minimum absolute atomic E-state index is 0.121. The molecule has 1 fully saturated rings. The predicted molar refractivity (Wildman–Crippen MR) is 71.3 cm³/mol. The number of rotatable bonds is 4. The van der Waals surface area contributed by atoms with E-state index in [1.54, 1.807) is 6.20 Å². The summed E-state index contributed by atoms with van der Waals surface area (Å²) in [6.07, 6.45) is -0.860. The van der Waals surface area contributed by atoms with Crippen molar-refractivity contribution in [2.45, 2.75) is 38.0 Å².